The first kappa shape index (κ1) is 16.8. The smallest absolute Gasteiger partial charge is 0.104 e. The molecule has 24 heavy (non-hydrogen) atoms. The van der Waals surface area contributed by atoms with Gasteiger partial charge in [-0.1, -0.05) is 17.7 Å². The molecule has 3 rings (SSSR count). The third kappa shape index (κ3) is 5.27. The molecule has 0 bridgehead atoms. The van der Waals surface area contributed by atoms with Gasteiger partial charge in [-0.3, -0.25) is 0 Å². The van der Waals surface area contributed by atoms with Crippen molar-refractivity contribution in [3.63, 3.8) is 0 Å². The van der Waals surface area contributed by atoms with Gasteiger partial charge in [0.25, 0.3) is 0 Å². The number of aryl methyl sites for hydroxylation is 2. The molecule has 2 aromatic heterocycles. The van der Waals surface area contributed by atoms with E-state index in [1.165, 1.54) is 16.7 Å². The normalized spacial score (nSPS) is 20.1. The van der Waals surface area contributed by atoms with E-state index < -0.39 is 0 Å². The molecule has 0 spiro atoms. The lowest BCUT2D eigenvalue weighted by Crippen LogP contribution is -2.00. The van der Waals surface area contributed by atoms with Crippen molar-refractivity contribution in [2.75, 3.05) is 6.61 Å². The topological polar surface area (TPSA) is 35.5 Å². The fourth-order valence-corrected chi connectivity index (χ4v) is 3.12. The summed E-state index contributed by atoms with van der Waals surface area (Å²) in [6.45, 7) is 2.97. The zero-order chi connectivity index (χ0) is 16.6. The second-order valence-corrected chi connectivity index (χ2v) is 6.53. The number of hydrogen-bond acceptors (Lipinski definition) is 3. The molecule has 3 heteroatoms. The summed E-state index contributed by atoms with van der Waals surface area (Å²) in [6, 6.07) is 6.01. The monoisotopic (exact) mass is 326 g/mol. The highest BCUT2D eigenvalue weighted by Crippen LogP contribution is 2.23. The van der Waals surface area contributed by atoms with Crippen molar-refractivity contribution in [1.82, 2.24) is 0 Å². The predicted octanol–water partition coefficient (Wildman–Crippen LogP) is 5.49. The standard InChI is InChI=1S/C21H26O3/c1-17(5-2-6-18-10-12-22-15-18)13-21-14-19(16-24-21)7-3-8-20-9-4-11-23-20/h4,7,9-13,15,21H,2-3,5-6,8,14,16H2,1H3/b17-13+,19-7-/t21-/m0/s1. The largest absolute Gasteiger partial charge is 0.472 e. The molecule has 3 heterocycles. The number of hydrogen-bond donors (Lipinski definition) is 0. The Bertz CT molecular complexity index is 647. The fraction of sp³-hybridized carbons (Fsp3) is 0.429. The summed E-state index contributed by atoms with van der Waals surface area (Å²) < 4.78 is 16.4. The molecule has 1 aliphatic heterocycles. The summed E-state index contributed by atoms with van der Waals surface area (Å²) in [7, 11) is 0. The molecule has 0 amide bonds. The number of furan rings is 2. The van der Waals surface area contributed by atoms with Crippen LogP contribution in [0, 0.1) is 0 Å². The van der Waals surface area contributed by atoms with Gasteiger partial charge >= 0.3 is 0 Å². The minimum absolute atomic E-state index is 0.244. The molecule has 128 valence electrons. The molecule has 0 unspecified atom stereocenters. The molecule has 0 N–H and O–H groups in total. The van der Waals surface area contributed by atoms with E-state index in [0.29, 0.717) is 0 Å². The van der Waals surface area contributed by atoms with Crippen LogP contribution in [0.5, 0.6) is 0 Å². The Hall–Kier alpha value is -2.00. The number of ether oxygens (including phenoxy) is 1. The molecule has 0 radical (unpaired) electrons. The molecule has 1 aliphatic rings. The zero-order valence-electron chi connectivity index (χ0n) is 14.4. The van der Waals surface area contributed by atoms with Crippen LogP contribution in [-0.4, -0.2) is 12.7 Å². The average Bonchev–Trinajstić information content (AvgIpc) is 3.30. The quantitative estimate of drug-likeness (QED) is 0.602. The van der Waals surface area contributed by atoms with Gasteiger partial charge < -0.3 is 13.6 Å². The molecule has 0 aliphatic carbocycles. The van der Waals surface area contributed by atoms with Crippen LogP contribution < -0.4 is 0 Å². The van der Waals surface area contributed by atoms with E-state index in [-0.39, 0.29) is 6.10 Å². The Kier molecular flexibility index (Phi) is 6.13. The first-order chi connectivity index (χ1) is 11.8. The zero-order valence-corrected chi connectivity index (χ0v) is 14.4. The maximum atomic E-state index is 5.89. The van der Waals surface area contributed by atoms with Crippen molar-refractivity contribution in [3.8, 4) is 0 Å². The van der Waals surface area contributed by atoms with E-state index in [1.807, 2.05) is 24.5 Å². The third-order valence-electron chi connectivity index (χ3n) is 4.44. The first-order valence-corrected chi connectivity index (χ1v) is 8.80. The fourth-order valence-electron chi connectivity index (χ4n) is 3.12. The van der Waals surface area contributed by atoms with Gasteiger partial charge in [0.2, 0.25) is 0 Å². The lowest BCUT2D eigenvalue weighted by atomic mass is 10.0. The number of rotatable bonds is 8. The van der Waals surface area contributed by atoms with Crippen molar-refractivity contribution >= 4 is 0 Å². The van der Waals surface area contributed by atoms with Crippen LogP contribution in [0.15, 0.2) is 69.1 Å². The minimum atomic E-state index is 0.244. The molecule has 1 fully saturated rings. The molecule has 3 nitrogen and oxygen atoms in total. The highest BCUT2D eigenvalue weighted by atomic mass is 16.5. The van der Waals surface area contributed by atoms with E-state index in [2.05, 4.69) is 19.1 Å². The molecule has 0 aromatic carbocycles. The van der Waals surface area contributed by atoms with Gasteiger partial charge in [0.1, 0.15) is 5.76 Å². The van der Waals surface area contributed by atoms with Crippen molar-refractivity contribution in [2.45, 2.75) is 51.6 Å². The van der Waals surface area contributed by atoms with Crippen LogP contribution in [0.4, 0.5) is 0 Å². The van der Waals surface area contributed by atoms with Crippen molar-refractivity contribution in [2.24, 2.45) is 0 Å². The van der Waals surface area contributed by atoms with Crippen molar-refractivity contribution in [1.29, 1.82) is 0 Å². The van der Waals surface area contributed by atoms with Gasteiger partial charge in [-0.25, -0.2) is 0 Å². The molecule has 2 aromatic rings. The summed E-state index contributed by atoms with van der Waals surface area (Å²) in [5.41, 5.74) is 4.11. The van der Waals surface area contributed by atoms with Crippen LogP contribution >= 0.6 is 0 Å². The lowest BCUT2D eigenvalue weighted by molar-refractivity contribution is 0.149. The summed E-state index contributed by atoms with van der Waals surface area (Å²) in [5.74, 6) is 1.05. The Morgan fingerprint density at radius 2 is 2.21 bits per heavy atom. The van der Waals surface area contributed by atoms with Crippen LogP contribution in [-0.2, 0) is 17.6 Å². The van der Waals surface area contributed by atoms with Gasteiger partial charge in [-0.15, -0.1) is 0 Å². The van der Waals surface area contributed by atoms with E-state index in [1.54, 1.807) is 12.5 Å². The van der Waals surface area contributed by atoms with Gasteiger partial charge in [-0.2, -0.15) is 0 Å². The maximum Gasteiger partial charge on any atom is 0.104 e. The second-order valence-electron chi connectivity index (χ2n) is 6.53. The summed E-state index contributed by atoms with van der Waals surface area (Å²) >= 11 is 0. The van der Waals surface area contributed by atoms with Gasteiger partial charge in [0.05, 0.1) is 31.5 Å². The van der Waals surface area contributed by atoms with Crippen LogP contribution in [0.2, 0.25) is 0 Å². The Morgan fingerprint density at radius 1 is 1.25 bits per heavy atom. The highest BCUT2D eigenvalue weighted by Gasteiger charge is 2.17. The predicted molar refractivity (Wildman–Crippen MR) is 94.9 cm³/mol. The maximum absolute atomic E-state index is 5.89. The molecule has 1 atom stereocenters. The molecule has 1 saturated heterocycles. The van der Waals surface area contributed by atoms with E-state index in [4.69, 9.17) is 13.6 Å². The first-order valence-electron chi connectivity index (χ1n) is 8.80. The highest BCUT2D eigenvalue weighted by molar-refractivity contribution is 5.15. The summed E-state index contributed by atoms with van der Waals surface area (Å²) in [6.07, 6.45) is 16.5. The van der Waals surface area contributed by atoms with E-state index in [0.717, 1.165) is 50.9 Å². The van der Waals surface area contributed by atoms with Gasteiger partial charge in [0, 0.05) is 12.8 Å². The van der Waals surface area contributed by atoms with Crippen molar-refractivity contribution < 1.29 is 13.6 Å². The second kappa shape index (κ2) is 8.74. The van der Waals surface area contributed by atoms with Crippen LogP contribution in [0.1, 0.15) is 43.9 Å². The van der Waals surface area contributed by atoms with E-state index >= 15 is 0 Å². The summed E-state index contributed by atoms with van der Waals surface area (Å²) in [4.78, 5) is 0. The Balaban J connectivity index is 1.37. The minimum Gasteiger partial charge on any atom is -0.472 e. The van der Waals surface area contributed by atoms with Crippen LogP contribution in [0.25, 0.3) is 0 Å². The van der Waals surface area contributed by atoms with Crippen LogP contribution in [0.3, 0.4) is 0 Å². The average molecular weight is 326 g/mol. The molecular weight excluding hydrogens is 300 g/mol. The molecule has 0 saturated carbocycles. The Labute approximate surface area is 144 Å². The van der Waals surface area contributed by atoms with Gasteiger partial charge in [0.15, 0.2) is 0 Å². The summed E-state index contributed by atoms with van der Waals surface area (Å²) in [5, 5.41) is 0. The SMILES string of the molecule is C/C(=C\[C@H]1C/C(=C/CCc2ccco2)CO1)CCCc1ccoc1. The Morgan fingerprint density at radius 3 is 3.00 bits per heavy atom. The van der Waals surface area contributed by atoms with Crippen molar-refractivity contribution in [3.05, 3.63) is 71.6 Å². The van der Waals surface area contributed by atoms with Gasteiger partial charge in [-0.05, 0) is 61.9 Å². The molecular formula is C21H26O3. The lowest BCUT2D eigenvalue weighted by Gasteiger charge is -2.06. The van der Waals surface area contributed by atoms with E-state index in [9.17, 15) is 0 Å². The third-order valence-corrected chi connectivity index (χ3v) is 4.44. The number of allylic oxidation sites excluding steroid dienone is 2.